The third-order valence-electron chi connectivity index (χ3n) is 11.0. The molecule has 0 aliphatic heterocycles. The minimum absolute atomic E-state index is 0. The molecule has 3 aliphatic carbocycles. The summed E-state index contributed by atoms with van der Waals surface area (Å²) in [5.41, 5.74) is 2.10. The van der Waals surface area contributed by atoms with Gasteiger partial charge >= 0.3 is 105 Å². The van der Waals surface area contributed by atoms with E-state index in [-0.39, 0.29) is 194 Å². The Morgan fingerprint density at radius 3 is 1.31 bits per heavy atom. The number of rotatable bonds is 19. The van der Waals surface area contributed by atoms with Crippen molar-refractivity contribution in [3.8, 4) is 34.5 Å². The Kier molecular flexibility index (Phi) is 55.3. The zero-order valence-corrected chi connectivity index (χ0v) is 56.7. The van der Waals surface area contributed by atoms with Gasteiger partial charge in [0.1, 0.15) is 12.6 Å². The van der Waals surface area contributed by atoms with Crippen LogP contribution in [-0.2, 0) is 43.1 Å². The zero-order valence-electron chi connectivity index (χ0n) is 46.9. The van der Waals surface area contributed by atoms with E-state index in [0.29, 0.717) is 58.2 Å². The molecule has 0 amide bonds. The fraction of sp³-hybridized carbons (Fsp3) is 0.500. The van der Waals surface area contributed by atoms with Gasteiger partial charge in [-0.3, -0.25) is 28.8 Å². The van der Waals surface area contributed by atoms with Crippen molar-refractivity contribution < 1.29 is 178 Å². The molecule has 6 rings (SSSR count). The normalized spacial score (nSPS) is 13.0. The van der Waals surface area contributed by atoms with Gasteiger partial charge in [-0.15, -0.1) is 0 Å². The number of aromatic hydroxyl groups is 1. The molecule has 3 fully saturated rings. The van der Waals surface area contributed by atoms with E-state index in [1.54, 1.807) is 68.8 Å². The third-order valence-corrected chi connectivity index (χ3v) is 11.9. The Morgan fingerprint density at radius 2 is 0.974 bits per heavy atom. The number of hydrogen-bond donors (Lipinski definition) is 2. The molecule has 1 radical (unpaired) electrons. The number of carboxylic acids is 1. The predicted octanol–water partition coefficient (Wildman–Crippen LogP) is 1.35. The number of carbonyl (C=O) groups excluding carboxylic acids is 6. The molecule has 3 aromatic rings. The van der Waals surface area contributed by atoms with Crippen LogP contribution in [0.1, 0.15) is 135 Å². The molecule has 20 nitrogen and oxygen atoms in total. The van der Waals surface area contributed by atoms with Gasteiger partial charge in [0.05, 0.1) is 54.9 Å². The van der Waals surface area contributed by atoms with Crippen LogP contribution < -0.4 is 115 Å². The van der Waals surface area contributed by atoms with Gasteiger partial charge in [0.2, 0.25) is 0 Å². The fourth-order valence-corrected chi connectivity index (χ4v) is 7.80. The van der Waals surface area contributed by atoms with Gasteiger partial charge in [-0.25, -0.2) is 4.79 Å². The number of benzene rings is 3. The maximum absolute atomic E-state index is 11.9. The second-order valence-electron chi connectivity index (χ2n) is 16.2. The number of halogens is 1. The van der Waals surface area contributed by atoms with E-state index < -0.39 is 11.9 Å². The topological polar surface area (TPSA) is 289 Å². The Bertz CT molecular complexity index is 2150. The van der Waals surface area contributed by atoms with E-state index in [1.165, 1.54) is 73.0 Å². The number of aldehydes is 2. The smallest absolute Gasteiger partial charge is 0.857 e. The second kappa shape index (κ2) is 52.6. The largest absolute Gasteiger partial charge is 1.00 e. The maximum Gasteiger partial charge on any atom is 1.00 e. The molecule has 419 valence electrons. The summed E-state index contributed by atoms with van der Waals surface area (Å²) in [6, 6.07) is 15.1. The zero-order chi connectivity index (χ0) is 56.4. The van der Waals surface area contributed by atoms with Crippen LogP contribution in [0.2, 0.25) is 0 Å². The van der Waals surface area contributed by atoms with E-state index in [9.17, 15) is 28.8 Å². The summed E-state index contributed by atoms with van der Waals surface area (Å²) in [7, 11) is 9.31. The first-order valence-corrected chi connectivity index (χ1v) is 25.0. The number of methoxy groups -OCH3 is 6. The molecule has 2 N–H and O–H groups in total. The first kappa shape index (κ1) is 82.0. The van der Waals surface area contributed by atoms with Crippen LogP contribution in [0.25, 0.3) is 6.08 Å². The number of alkyl halides is 1. The van der Waals surface area contributed by atoms with Crippen LogP contribution in [0.15, 0.2) is 60.2 Å². The summed E-state index contributed by atoms with van der Waals surface area (Å²) in [4.78, 5) is 76.7. The van der Waals surface area contributed by atoms with Gasteiger partial charge in [0.25, 0.3) is 6.47 Å². The Hall–Kier alpha value is -2.44. The van der Waals surface area contributed by atoms with Crippen molar-refractivity contribution in [3.05, 3.63) is 76.9 Å². The van der Waals surface area contributed by atoms with Crippen LogP contribution in [0, 0.1) is 0 Å². The molecular weight excluding hydrogens is 1150 g/mol. The number of carboxylic acid groups (broad SMARTS) is 1. The Labute approximate surface area is 573 Å². The predicted molar refractivity (Wildman–Crippen MR) is 282 cm³/mol. The molecule has 0 saturated heterocycles. The van der Waals surface area contributed by atoms with Gasteiger partial charge in [-0.2, -0.15) is 7.11 Å². The average molecular weight is 1220 g/mol. The Morgan fingerprint density at radius 1 is 0.590 bits per heavy atom. The van der Waals surface area contributed by atoms with Crippen LogP contribution in [0.4, 0.5) is 0 Å². The van der Waals surface area contributed by atoms with Gasteiger partial charge in [0.15, 0.2) is 34.5 Å². The average Bonchev–Trinajstić information content (AvgIpc) is 4.27. The summed E-state index contributed by atoms with van der Waals surface area (Å²) in [5.74, 6) is 0.900. The molecule has 0 aromatic heterocycles. The molecule has 0 unspecified atom stereocenters. The van der Waals surface area contributed by atoms with Gasteiger partial charge in [0, 0.05) is 92.2 Å². The summed E-state index contributed by atoms with van der Waals surface area (Å²) < 4.78 is 40.7. The van der Waals surface area contributed by atoms with Crippen molar-refractivity contribution in [2.75, 3.05) is 49.8 Å². The van der Waals surface area contributed by atoms with Gasteiger partial charge in [-0.1, -0.05) is 34.8 Å². The SMILES string of the molecule is BrC1CCCC1.COC(=O)/C(=C/c1ccc(OC)c(OC2CCCC2)c1)CCC(=O)O.COC(=O)CCCC(=O)OC.COc1ccc(C=O)cc1O.COc1ccc(C=O)cc1OC1CCCC1.C[O-].O=CO[O-].[K+].[K].[Na+]. The molecule has 24 heteroatoms. The van der Waals surface area contributed by atoms with Crippen LogP contribution in [-0.4, -0.2) is 171 Å². The second-order valence-corrected chi connectivity index (χ2v) is 17.5. The van der Waals surface area contributed by atoms with Crippen molar-refractivity contribution in [2.45, 2.75) is 126 Å². The quantitative estimate of drug-likeness (QED) is 0.0250. The number of phenols is 1. The Balaban J connectivity index is -0.000000450. The number of ether oxygens (including phenoxy) is 8. The van der Waals surface area contributed by atoms with E-state index >= 15 is 0 Å². The van der Waals surface area contributed by atoms with E-state index in [0.717, 1.165) is 62.3 Å². The van der Waals surface area contributed by atoms with E-state index in [2.05, 4.69) is 30.3 Å². The summed E-state index contributed by atoms with van der Waals surface area (Å²) >= 11 is 3.54. The van der Waals surface area contributed by atoms with Gasteiger partial charge < -0.3 is 63.4 Å². The minimum Gasteiger partial charge on any atom is -0.857 e. The van der Waals surface area contributed by atoms with Crippen LogP contribution in [0.5, 0.6) is 34.5 Å². The fourth-order valence-electron chi connectivity index (χ4n) is 7.15. The molecule has 0 heterocycles. The van der Waals surface area contributed by atoms with Crippen LogP contribution >= 0.6 is 15.9 Å². The standard InChI is InChI=1S/C19H24O6.C13H16O3.C8H8O3.C7H12O4.C5H9Br.CH2O3.CH3O.2K.Na/c1-23-16-9-7-13(12-17(16)25-15-5-3-4-6-15)11-14(19(22)24-2)8-10-18(20)21;1-15-12-7-6-10(9-14)8-13(12)16-11-4-2-3-5-11;1-11-8-3-2-6(5-9)4-7(8)10;1-10-6(8)4-3-5-7(9)11-2;6-5-3-1-2-4-5;2-1-4-3;1-2;;;/h7,9,11-12,15H,3-6,8,10H2,1-2H3,(H,20,21);6-9,11H,2-5H2,1H3;2-5,10H,1H3;3-5H2,1-2H3;5H,1-4H2;1,3H;1H3;;;/q;;;;;;-1;;2*+1/p-1/b14-11+;;;;;;;;;. The third kappa shape index (κ3) is 37.6. The molecular formula is C54H73BrK2NaO20. The first-order valence-electron chi connectivity index (χ1n) is 24.0. The summed E-state index contributed by atoms with van der Waals surface area (Å²) in [5, 5.41) is 34.7. The molecule has 0 spiro atoms. The number of carbonyl (C=O) groups is 7. The van der Waals surface area contributed by atoms with Crippen molar-refractivity contribution in [1.82, 2.24) is 0 Å². The molecule has 0 bridgehead atoms. The molecule has 3 saturated carbocycles. The minimum atomic E-state index is -0.963. The number of hydrogen-bond acceptors (Lipinski definition) is 19. The summed E-state index contributed by atoms with van der Waals surface area (Å²) in [6.07, 6.45) is 19.3. The number of phenolic OH excluding ortho intramolecular Hbond substituents is 1. The summed E-state index contributed by atoms with van der Waals surface area (Å²) in [6.45, 7) is -0.181. The van der Waals surface area contributed by atoms with Crippen molar-refractivity contribution >= 4 is 116 Å². The van der Waals surface area contributed by atoms with Crippen molar-refractivity contribution in [1.29, 1.82) is 0 Å². The number of aliphatic carboxylic acids is 1. The van der Waals surface area contributed by atoms with E-state index in [4.69, 9.17) is 53.8 Å². The first-order chi connectivity index (χ1) is 36.1. The van der Waals surface area contributed by atoms with Crippen LogP contribution in [0.3, 0.4) is 0 Å². The molecule has 0 atom stereocenters. The maximum atomic E-state index is 11.9. The number of esters is 3. The molecule has 3 aromatic carbocycles. The van der Waals surface area contributed by atoms with E-state index in [1.807, 2.05) is 0 Å². The van der Waals surface area contributed by atoms with Gasteiger partial charge in [-0.05, 0) is 137 Å². The van der Waals surface area contributed by atoms with Crippen molar-refractivity contribution in [2.24, 2.45) is 0 Å². The molecule has 78 heavy (non-hydrogen) atoms. The molecule has 3 aliphatic rings. The monoisotopic (exact) mass is 1220 g/mol. The van der Waals surface area contributed by atoms with Crippen molar-refractivity contribution in [3.63, 3.8) is 0 Å².